The number of anilines is 1. The zero-order valence-corrected chi connectivity index (χ0v) is 12.8. The smallest absolute Gasteiger partial charge is 0.139 e. The Morgan fingerprint density at radius 1 is 0.652 bits per heavy atom. The molecule has 2 N–H and O–H groups in total. The van der Waals surface area contributed by atoms with Gasteiger partial charge in [0.15, 0.2) is 0 Å². The summed E-state index contributed by atoms with van der Waals surface area (Å²) >= 11 is 0. The molecule has 0 saturated carbocycles. The first-order chi connectivity index (χ1) is 11.4. The number of nitrogens with one attached hydrogen (secondary N) is 2. The van der Waals surface area contributed by atoms with Crippen LogP contribution in [0.2, 0.25) is 0 Å². The molecule has 1 saturated heterocycles. The van der Waals surface area contributed by atoms with E-state index >= 15 is 0 Å². The largest absolute Gasteiger partial charge is 0.292 e. The summed E-state index contributed by atoms with van der Waals surface area (Å²) in [5.74, 6) is 0. The van der Waals surface area contributed by atoms with Crippen LogP contribution in [0.25, 0.3) is 0 Å². The Morgan fingerprint density at radius 3 is 1.65 bits per heavy atom. The maximum absolute atomic E-state index is 3.68. The molecule has 0 aliphatic carbocycles. The first kappa shape index (κ1) is 14.0. The topological polar surface area (TPSA) is 27.3 Å². The number of rotatable bonds is 3. The highest BCUT2D eigenvalue weighted by atomic mass is 15.7. The third-order valence-corrected chi connectivity index (χ3v) is 4.29. The van der Waals surface area contributed by atoms with E-state index in [1.54, 1.807) is 0 Å². The van der Waals surface area contributed by atoms with Crippen LogP contribution in [-0.4, -0.2) is 6.67 Å². The summed E-state index contributed by atoms with van der Waals surface area (Å²) in [4.78, 5) is 0. The number of hydrogen-bond donors (Lipinski definition) is 2. The molecule has 1 aliphatic heterocycles. The van der Waals surface area contributed by atoms with Crippen molar-refractivity contribution in [1.82, 2.24) is 10.7 Å². The van der Waals surface area contributed by atoms with Gasteiger partial charge in [-0.25, -0.2) is 5.43 Å². The lowest BCUT2D eigenvalue weighted by molar-refractivity contribution is 0.418. The lowest BCUT2D eigenvalue weighted by Crippen LogP contribution is -2.49. The molecule has 0 unspecified atom stereocenters. The number of nitrogens with zero attached hydrogens (tertiary/aromatic N) is 1. The minimum absolute atomic E-state index is 0.418. The molecule has 1 fully saturated rings. The van der Waals surface area contributed by atoms with Gasteiger partial charge in [-0.2, -0.15) is 0 Å². The molecule has 23 heavy (non-hydrogen) atoms. The number of para-hydroxylation sites is 1. The summed E-state index contributed by atoms with van der Waals surface area (Å²) in [5, 5.41) is 5.82. The Labute approximate surface area is 136 Å². The van der Waals surface area contributed by atoms with E-state index in [-0.39, 0.29) is 0 Å². The van der Waals surface area contributed by atoms with Gasteiger partial charge in [0, 0.05) is 0 Å². The summed E-state index contributed by atoms with van der Waals surface area (Å²) in [6.07, 6.45) is 0. The van der Waals surface area contributed by atoms with Gasteiger partial charge in [-0.05, 0) is 23.3 Å². The van der Waals surface area contributed by atoms with E-state index in [4.69, 9.17) is 0 Å². The van der Waals surface area contributed by atoms with Crippen molar-refractivity contribution in [2.24, 2.45) is 0 Å². The Morgan fingerprint density at radius 2 is 1.13 bits per heavy atom. The molecule has 0 atom stereocenters. The van der Waals surface area contributed by atoms with E-state index in [0.717, 1.165) is 12.4 Å². The van der Waals surface area contributed by atoms with Crippen LogP contribution in [0.4, 0.5) is 5.69 Å². The average molecular weight is 301 g/mol. The van der Waals surface area contributed by atoms with Gasteiger partial charge in [0.05, 0.1) is 12.4 Å². The quantitative estimate of drug-likeness (QED) is 0.776. The van der Waals surface area contributed by atoms with Crippen LogP contribution in [0.15, 0.2) is 91.0 Å². The second-order valence-corrected chi connectivity index (χ2v) is 5.69. The first-order valence-corrected chi connectivity index (χ1v) is 7.85. The third-order valence-electron chi connectivity index (χ3n) is 4.29. The molecule has 4 rings (SSSR count). The third kappa shape index (κ3) is 2.50. The van der Waals surface area contributed by atoms with E-state index in [1.165, 1.54) is 11.1 Å². The average Bonchev–Trinajstić information content (AvgIpc) is 3.11. The van der Waals surface area contributed by atoms with Crippen molar-refractivity contribution in [2.45, 2.75) is 5.66 Å². The highest BCUT2D eigenvalue weighted by molar-refractivity contribution is 5.49. The normalized spacial score (nSPS) is 16.4. The Kier molecular flexibility index (Phi) is 3.58. The maximum Gasteiger partial charge on any atom is 0.139 e. The Bertz CT molecular complexity index is 717. The molecule has 1 heterocycles. The second-order valence-electron chi connectivity index (χ2n) is 5.69. The van der Waals surface area contributed by atoms with Crippen molar-refractivity contribution in [3.63, 3.8) is 0 Å². The SMILES string of the molecule is c1ccc(N2CNC(c3ccccc3)(c3ccccc3)N2)cc1. The van der Waals surface area contributed by atoms with Gasteiger partial charge >= 0.3 is 0 Å². The van der Waals surface area contributed by atoms with Crippen LogP contribution in [-0.2, 0) is 5.66 Å². The molecule has 0 radical (unpaired) electrons. The van der Waals surface area contributed by atoms with Gasteiger partial charge in [0.1, 0.15) is 5.66 Å². The van der Waals surface area contributed by atoms with Gasteiger partial charge < -0.3 is 0 Å². The highest BCUT2D eigenvalue weighted by Gasteiger charge is 2.40. The Hall–Kier alpha value is -2.62. The van der Waals surface area contributed by atoms with E-state index < -0.39 is 5.66 Å². The summed E-state index contributed by atoms with van der Waals surface area (Å²) in [6, 6.07) is 31.4. The molecule has 3 heteroatoms. The monoisotopic (exact) mass is 301 g/mol. The second kappa shape index (κ2) is 5.88. The van der Waals surface area contributed by atoms with Gasteiger partial charge in [0.25, 0.3) is 0 Å². The molecule has 1 aliphatic rings. The number of benzene rings is 3. The standard InChI is InChI=1S/C20H19N3/c1-4-10-17(11-5-1)20(18-12-6-2-7-13-18)21-16-23(22-20)19-14-8-3-9-15-19/h1-15,21-22H,16H2. The molecule has 3 nitrogen and oxygen atoms in total. The molecule has 0 bridgehead atoms. The summed E-state index contributed by atoms with van der Waals surface area (Å²) < 4.78 is 0. The van der Waals surface area contributed by atoms with Crippen LogP contribution < -0.4 is 15.8 Å². The highest BCUT2D eigenvalue weighted by Crippen LogP contribution is 2.31. The fourth-order valence-electron chi connectivity index (χ4n) is 3.12. The Balaban J connectivity index is 1.77. The van der Waals surface area contributed by atoms with Crippen LogP contribution in [0.1, 0.15) is 11.1 Å². The van der Waals surface area contributed by atoms with Crippen molar-refractivity contribution < 1.29 is 0 Å². The van der Waals surface area contributed by atoms with Gasteiger partial charge in [-0.1, -0.05) is 78.9 Å². The lowest BCUT2D eigenvalue weighted by atomic mass is 9.92. The predicted molar refractivity (Wildman–Crippen MR) is 93.7 cm³/mol. The molecular weight excluding hydrogens is 282 g/mol. The van der Waals surface area contributed by atoms with Crippen LogP contribution in [0, 0.1) is 0 Å². The summed E-state index contributed by atoms with van der Waals surface area (Å²) in [5.41, 5.74) is 6.80. The van der Waals surface area contributed by atoms with E-state index in [9.17, 15) is 0 Å². The van der Waals surface area contributed by atoms with E-state index in [1.807, 2.05) is 18.2 Å². The predicted octanol–water partition coefficient (Wildman–Crippen LogP) is 3.46. The first-order valence-electron chi connectivity index (χ1n) is 7.85. The minimum atomic E-state index is -0.418. The molecular formula is C20H19N3. The molecule has 0 spiro atoms. The zero-order chi connectivity index (χ0) is 15.5. The van der Waals surface area contributed by atoms with Gasteiger partial charge in [0.2, 0.25) is 0 Å². The number of hydrogen-bond acceptors (Lipinski definition) is 3. The van der Waals surface area contributed by atoms with Crippen molar-refractivity contribution in [1.29, 1.82) is 0 Å². The van der Waals surface area contributed by atoms with Crippen molar-refractivity contribution >= 4 is 5.69 Å². The lowest BCUT2D eigenvalue weighted by Gasteiger charge is -2.31. The molecule has 3 aromatic rings. The molecule has 0 amide bonds. The molecule has 3 aromatic carbocycles. The van der Waals surface area contributed by atoms with E-state index in [0.29, 0.717) is 0 Å². The fraction of sp³-hybridized carbons (Fsp3) is 0.100. The van der Waals surface area contributed by atoms with Crippen molar-refractivity contribution in [2.75, 3.05) is 11.7 Å². The van der Waals surface area contributed by atoms with Crippen LogP contribution in [0.3, 0.4) is 0 Å². The van der Waals surface area contributed by atoms with Crippen molar-refractivity contribution in [3.8, 4) is 0 Å². The van der Waals surface area contributed by atoms with Crippen LogP contribution >= 0.6 is 0 Å². The van der Waals surface area contributed by atoms with Gasteiger partial charge in [-0.15, -0.1) is 0 Å². The van der Waals surface area contributed by atoms with Crippen molar-refractivity contribution in [3.05, 3.63) is 102 Å². The minimum Gasteiger partial charge on any atom is -0.292 e. The molecule has 0 aromatic heterocycles. The summed E-state index contributed by atoms with van der Waals surface area (Å²) in [6.45, 7) is 0.730. The zero-order valence-electron chi connectivity index (χ0n) is 12.8. The molecule has 114 valence electrons. The number of hydrazine groups is 1. The van der Waals surface area contributed by atoms with Gasteiger partial charge in [-0.3, -0.25) is 10.3 Å². The van der Waals surface area contributed by atoms with E-state index in [2.05, 4.69) is 88.5 Å². The fourth-order valence-corrected chi connectivity index (χ4v) is 3.12. The summed E-state index contributed by atoms with van der Waals surface area (Å²) in [7, 11) is 0. The maximum atomic E-state index is 3.68. The van der Waals surface area contributed by atoms with Crippen LogP contribution in [0.5, 0.6) is 0 Å².